The predicted molar refractivity (Wildman–Crippen MR) is 119 cm³/mol. The minimum absolute atomic E-state index is 0.0992. The van der Waals surface area contributed by atoms with Crippen LogP contribution in [0.5, 0.6) is 0 Å². The van der Waals surface area contributed by atoms with Gasteiger partial charge in [0.1, 0.15) is 0 Å². The molecular formula is C21H30ClN5OS. The van der Waals surface area contributed by atoms with E-state index < -0.39 is 0 Å². The first kappa shape index (κ1) is 22.1. The van der Waals surface area contributed by atoms with Gasteiger partial charge in [-0.1, -0.05) is 42.6 Å². The number of nitrogens with one attached hydrogen (secondary N) is 1. The number of carbonyl (C=O) groups excluding carboxylic acids is 1. The third kappa shape index (κ3) is 5.96. The van der Waals surface area contributed by atoms with Crippen LogP contribution in [0.1, 0.15) is 57.3 Å². The molecule has 0 aliphatic heterocycles. The molecule has 1 saturated carbocycles. The largest absolute Gasteiger partial charge is 0.353 e. The Morgan fingerprint density at radius 3 is 2.59 bits per heavy atom. The van der Waals surface area contributed by atoms with E-state index in [1.165, 1.54) is 19.3 Å². The average Bonchev–Trinajstić information content (AvgIpc) is 3.12. The Hall–Kier alpha value is -1.57. The summed E-state index contributed by atoms with van der Waals surface area (Å²) >= 11 is 7.63. The van der Waals surface area contributed by atoms with Crippen molar-refractivity contribution in [2.75, 3.05) is 19.8 Å². The first-order valence-corrected chi connectivity index (χ1v) is 11.6. The van der Waals surface area contributed by atoms with Crippen LogP contribution in [0.3, 0.4) is 0 Å². The Labute approximate surface area is 182 Å². The predicted octanol–water partition coefficient (Wildman–Crippen LogP) is 4.47. The van der Waals surface area contributed by atoms with Gasteiger partial charge in [0.25, 0.3) is 0 Å². The number of hydrogen-bond donors (Lipinski definition) is 1. The molecule has 1 heterocycles. The third-order valence-corrected chi connectivity index (χ3v) is 6.60. The molecule has 1 N–H and O–H groups in total. The van der Waals surface area contributed by atoms with Gasteiger partial charge < -0.3 is 5.32 Å². The number of nitrogens with zero attached hydrogens (tertiary/aromatic N) is 4. The number of amides is 1. The van der Waals surface area contributed by atoms with E-state index in [0.717, 1.165) is 29.5 Å². The molecule has 6 nitrogen and oxygen atoms in total. The number of rotatable bonds is 8. The fraction of sp³-hybridized carbons (Fsp3) is 0.571. The summed E-state index contributed by atoms with van der Waals surface area (Å²) in [5, 5.41) is 13.5. The molecular weight excluding hydrogens is 406 g/mol. The van der Waals surface area contributed by atoms with Crippen molar-refractivity contribution in [1.29, 1.82) is 0 Å². The summed E-state index contributed by atoms with van der Waals surface area (Å²) in [6, 6.07) is 8.13. The van der Waals surface area contributed by atoms with Crippen LogP contribution in [-0.4, -0.2) is 51.5 Å². The van der Waals surface area contributed by atoms with Crippen LogP contribution >= 0.6 is 23.4 Å². The average molecular weight is 436 g/mol. The monoisotopic (exact) mass is 435 g/mol. The summed E-state index contributed by atoms with van der Waals surface area (Å²) in [5.41, 5.74) is 0.970. The van der Waals surface area contributed by atoms with Crippen LogP contribution in [0.4, 0.5) is 0 Å². The van der Waals surface area contributed by atoms with Gasteiger partial charge >= 0.3 is 0 Å². The topological polar surface area (TPSA) is 63.1 Å². The van der Waals surface area contributed by atoms with Gasteiger partial charge in [-0.15, -0.1) is 10.2 Å². The van der Waals surface area contributed by atoms with Gasteiger partial charge in [-0.2, -0.15) is 0 Å². The van der Waals surface area contributed by atoms with Gasteiger partial charge in [0.2, 0.25) is 5.91 Å². The molecule has 1 unspecified atom stereocenters. The Morgan fingerprint density at radius 1 is 1.24 bits per heavy atom. The molecule has 1 aromatic heterocycles. The molecule has 8 heteroatoms. The van der Waals surface area contributed by atoms with Crippen molar-refractivity contribution >= 4 is 29.3 Å². The van der Waals surface area contributed by atoms with Crippen molar-refractivity contribution in [2.45, 2.75) is 62.7 Å². The minimum atomic E-state index is 0.0992. The first-order chi connectivity index (χ1) is 14.0. The summed E-state index contributed by atoms with van der Waals surface area (Å²) in [7, 11) is 4.04. The zero-order valence-corrected chi connectivity index (χ0v) is 19.0. The van der Waals surface area contributed by atoms with Gasteiger partial charge in [0.05, 0.1) is 6.04 Å². The maximum atomic E-state index is 12.3. The van der Waals surface area contributed by atoms with E-state index in [0.29, 0.717) is 23.2 Å². The molecule has 1 fully saturated rings. The number of hydrogen-bond acceptors (Lipinski definition) is 5. The molecule has 1 aliphatic rings. The van der Waals surface area contributed by atoms with Crippen molar-refractivity contribution in [3.8, 4) is 5.69 Å². The number of halogens is 1. The molecule has 0 bridgehead atoms. The lowest BCUT2D eigenvalue weighted by Gasteiger charge is -2.22. The van der Waals surface area contributed by atoms with Crippen LogP contribution in [0.25, 0.3) is 5.69 Å². The SMILES string of the molecule is CC(c1nnc(SCCC(=O)NC2CCCCC2)n1-c1ccc(Cl)cc1)N(C)C. The molecule has 3 rings (SSSR count). The van der Waals surface area contributed by atoms with Crippen molar-refractivity contribution in [3.63, 3.8) is 0 Å². The van der Waals surface area contributed by atoms with Crippen LogP contribution in [0.2, 0.25) is 5.02 Å². The summed E-state index contributed by atoms with van der Waals surface area (Å²) in [6.45, 7) is 2.10. The second kappa shape index (κ2) is 10.5. The maximum absolute atomic E-state index is 12.3. The maximum Gasteiger partial charge on any atom is 0.221 e. The lowest BCUT2D eigenvalue weighted by Crippen LogP contribution is -2.36. The lowest BCUT2D eigenvalue weighted by atomic mass is 9.95. The van der Waals surface area contributed by atoms with E-state index in [2.05, 4.69) is 31.9 Å². The normalized spacial score (nSPS) is 16.2. The van der Waals surface area contributed by atoms with Crippen LogP contribution < -0.4 is 5.32 Å². The number of benzene rings is 1. The van der Waals surface area contributed by atoms with E-state index in [4.69, 9.17) is 11.6 Å². The van der Waals surface area contributed by atoms with Gasteiger partial charge in [0, 0.05) is 28.9 Å². The zero-order chi connectivity index (χ0) is 20.8. The number of thioether (sulfide) groups is 1. The van der Waals surface area contributed by atoms with E-state index in [-0.39, 0.29) is 11.9 Å². The highest BCUT2D eigenvalue weighted by atomic mass is 35.5. The Kier molecular flexibility index (Phi) is 7.98. The highest BCUT2D eigenvalue weighted by molar-refractivity contribution is 7.99. The highest BCUT2D eigenvalue weighted by Gasteiger charge is 2.21. The number of aromatic nitrogens is 3. The molecule has 158 valence electrons. The van der Waals surface area contributed by atoms with Crippen LogP contribution in [-0.2, 0) is 4.79 Å². The summed E-state index contributed by atoms with van der Waals surface area (Å²) in [6.07, 6.45) is 6.42. The Morgan fingerprint density at radius 2 is 1.93 bits per heavy atom. The van der Waals surface area contributed by atoms with Crippen molar-refractivity contribution in [3.05, 3.63) is 35.1 Å². The first-order valence-electron chi connectivity index (χ1n) is 10.3. The Bertz CT molecular complexity index is 802. The molecule has 29 heavy (non-hydrogen) atoms. The fourth-order valence-corrected chi connectivity index (χ4v) is 4.51. The molecule has 1 amide bonds. The van der Waals surface area contributed by atoms with E-state index >= 15 is 0 Å². The summed E-state index contributed by atoms with van der Waals surface area (Å²) < 4.78 is 2.06. The molecule has 2 aromatic rings. The van der Waals surface area contributed by atoms with Crippen LogP contribution in [0, 0.1) is 0 Å². The molecule has 0 radical (unpaired) electrons. The number of carbonyl (C=O) groups is 1. The van der Waals surface area contributed by atoms with Crippen molar-refractivity contribution in [1.82, 2.24) is 25.0 Å². The summed E-state index contributed by atoms with van der Waals surface area (Å²) in [5.74, 6) is 1.66. The zero-order valence-electron chi connectivity index (χ0n) is 17.4. The van der Waals surface area contributed by atoms with Gasteiger partial charge in [-0.05, 0) is 58.1 Å². The van der Waals surface area contributed by atoms with Gasteiger partial charge in [0.15, 0.2) is 11.0 Å². The Balaban J connectivity index is 1.68. The van der Waals surface area contributed by atoms with Gasteiger partial charge in [-0.25, -0.2) is 0 Å². The standard InChI is InChI=1S/C21H30ClN5OS/c1-15(26(2)3)20-24-25-21(27(20)18-11-9-16(22)10-12-18)29-14-13-19(28)23-17-7-5-4-6-8-17/h9-12,15,17H,4-8,13-14H2,1-3H3,(H,23,28). The quantitative estimate of drug-likeness (QED) is 0.619. The molecule has 1 atom stereocenters. The van der Waals surface area contributed by atoms with Crippen molar-refractivity contribution < 1.29 is 4.79 Å². The fourth-order valence-electron chi connectivity index (χ4n) is 3.49. The lowest BCUT2D eigenvalue weighted by molar-refractivity contribution is -0.121. The van der Waals surface area contributed by atoms with Crippen LogP contribution in [0.15, 0.2) is 29.4 Å². The highest BCUT2D eigenvalue weighted by Crippen LogP contribution is 2.28. The second-order valence-corrected chi connectivity index (χ2v) is 9.29. The summed E-state index contributed by atoms with van der Waals surface area (Å²) in [4.78, 5) is 14.4. The van der Waals surface area contributed by atoms with E-state index in [1.807, 2.05) is 38.4 Å². The minimum Gasteiger partial charge on any atom is -0.353 e. The second-order valence-electron chi connectivity index (χ2n) is 7.79. The van der Waals surface area contributed by atoms with Gasteiger partial charge in [-0.3, -0.25) is 14.3 Å². The van der Waals surface area contributed by atoms with E-state index in [1.54, 1.807) is 11.8 Å². The molecule has 1 aliphatic carbocycles. The third-order valence-electron chi connectivity index (χ3n) is 5.42. The van der Waals surface area contributed by atoms with Crippen molar-refractivity contribution in [2.24, 2.45) is 0 Å². The molecule has 1 aromatic carbocycles. The molecule has 0 spiro atoms. The molecule has 0 saturated heterocycles. The smallest absolute Gasteiger partial charge is 0.221 e. The van der Waals surface area contributed by atoms with E-state index in [9.17, 15) is 4.79 Å².